The average Bonchev–Trinajstić information content (AvgIpc) is 2.52. The molecule has 0 N–H and O–H groups in total. The van der Waals surface area contributed by atoms with Crippen LogP contribution >= 0.6 is 11.6 Å². The summed E-state index contributed by atoms with van der Waals surface area (Å²) in [4.78, 5) is 0. The minimum atomic E-state index is 0.586. The molecule has 0 saturated carbocycles. The molecule has 2 aromatic rings. The van der Waals surface area contributed by atoms with Gasteiger partial charge in [-0.1, -0.05) is 29.8 Å². The molecular formula is C17H17ClO3. The molecule has 4 heteroatoms. The highest BCUT2D eigenvalue weighted by molar-refractivity contribution is 6.32. The zero-order valence-electron chi connectivity index (χ0n) is 12.2. The molecule has 0 unspecified atom stereocenters. The lowest BCUT2D eigenvalue weighted by atomic mass is 10.1. The average molecular weight is 305 g/mol. The Kier molecular flexibility index (Phi) is 5.12. The minimum absolute atomic E-state index is 0.586. The van der Waals surface area contributed by atoms with Gasteiger partial charge in [0.15, 0.2) is 0 Å². The van der Waals surface area contributed by atoms with Crippen molar-refractivity contribution in [1.29, 1.82) is 0 Å². The number of methoxy groups -OCH3 is 3. The second-order valence-corrected chi connectivity index (χ2v) is 4.78. The largest absolute Gasteiger partial charge is 0.497 e. The van der Waals surface area contributed by atoms with E-state index in [-0.39, 0.29) is 0 Å². The van der Waals surface area contributed by atoms with Crippen LogP contribution in [0.2, 0.25) is 5.02 Å². The zero-order valence-corrected chi connectivity index (χ0v) is 13.0. The quantitative estimate of drug-likeness (QED) is 0.759. The number of halogens is 1. The highest BCUT2D eigenvalue weighted by atomic mass is 35.5. The molecule has 0 radical (unpaired) electrons. The van der Waals surface area contributed by atoms with Crippen molar-refractivity contribution in [2.24, 2.45) is 0 Å². The van der Waals surface area contributed by atoms with Gasteiger partial charge in [0, 0.05) is 6.07 Å². The van der Waals surface area contributed by atoms with Crippen molar-refractivity contribution in [2.75, 3.05) is 21.3 Å². The molecule has 0 bridgehead atoms. The normalized spacial score (nSPS) is 10.7. The van der Waals surface area contributed by atoms with E-state index >= 15 is 0 Å². The fraction of sp³-hybridized carbons (Fsp3) is 0.176. The molecule has 0 aliphatic heterocycles. The Morgan fingerprint density at radius 1 is 0.762 bits per heavy atom. The van der Waals surface area contributed by atoms with Gasteiger partial charge in [-0.2, -0.15) is 0 Å². The van der Waals surface area contributed by atoms with Gasteiger partial charge in [-0.25, -0.2) is 0 Å². The number of benzene rings is 2. The molecule has 0 amide bonds. The summed E-state index contributed by atoms with van der Waals surface area (Å²) in [7, 11) is 4.86. The maximum Gasteiger partial charge on any atom is 0.137 e. The third kappa shape index (κ3) is 3.92. The molecular weight excluding hydrogens is 288 g/mol. The van der Waals surface area contributed by atoms with Gasteiger partial charge in [0.25, 0.3) is 0 Å². The summed E-state index contributed by atoms with van der Waals surface area (Å²) in [5, 5.41) is 0.586. The first-order valence-corrected chi connectivity index (χ1v) is 6.78. The molecule has 0 atom stereocenters. The topological polar surface area (TPSA) is 27.7 Å². The molecule has 2 rings (SSSR count). The number of ether oxygens (including phenoxy) is 3. The van der Waals surface area contributed by atoms with Crippen LogP contribution in [-0.4, -0.2) is 21.3 Å². The fourth-order valence-corrected chi connectivity index (χ4v) is 2.17. The lowest BCUT2D eigenvalue weighted by Crippen LogP contribution is -1.88. The van der Waals surface area contributed by atoms with Crippen molar-refractivity contribution < 1.29 is 14.2 Å². The molecule has 3 nitrogen and oxygen atoms in total. The van der Waals surface area contributed by atoms with E-state index in [4.69, 9.17) is 25.8 Å². The van der Waals surface area contributed by atoms with E-state index in [0.717, 1.165) is 22.6 Å². The Morgan fingerprint density at radius 2 is 1.38 bits per heavy atom. The summed E-state index contributed by atoms with van der Waals surface area (Å²) >= 11 is 6.11. The van der Waals surface area contributed by atoms with Gasteiger partial charge in [0.2, 0.25) is 0 Å². The summed E-state index contributed by atoms with van der Waals surface area (Å²) in [5.74, 6) is 2.17. The van der Waals surface area contributed by atoms with Crippen molar-refractivity contribution >= 4 is 23.8 Å². The fourth-order valence-electron chi connectivity index (χ4n) is 1.90. The van der Waals surface area contributed by atoms with E-state index in [2.05, 4.69) is 0 Å². The summed E-state index contributed by atoms with van der Waals surface area (Å²) in [5.41, 5.74) is 1.97. The lowest BCUT2D eigenvalue weighted by molar-refractivity contribution is 0.394. The smallest absolute Gasteiger partial charge is 0.137 e. The molecule has 0 aliphatic rings. The molecule has 21 heavy (non-hydrogen) atoms. The first-order chi connectivity index (χ1) is 10.2. The summed E-state index contributed by atoms with van der Waals surface area (Å²) < 4.78 is 15.6. The maximum absolute atomic E-state index is 6.11. The van der Waals surface area contributed by atoms with E-state index in [1.54, 1.807) is 21.3 Å². The van der Waals surface area contributed by atoms with Gasteiger partial charge in [0.05, 0.1) is 26.4 Å². The summed E-state index contributed by atoms with van der Waals surface area (Å²) in [6, 6.07) is 11.3. The Hall–Kier alpha value is -2.13. The van der Waals surface area contributed by atoms with E-state index in [1.165, 1.54) is 0 Å². The van der Waals surface area contributed by atoms with Crippen LogP contribution in [0.15, 0.2) is 36.4 Å². The lowest BCUT2D eigenvalue weighted by Gasteiger charge is -2.06. The summed E-state index contributed by atoms with van der Waals surface area (Å²) in [6.07, 6.45) is 3.95. The maximum atomic E-state index is 6.11. The highest BCUT2D eigenvalue weighted by Crippen LogP contribution is 2.27. The standard InChI is InChI=1S/C17H17ClO3/c1-19-14-8-13(9-15(11-14)20-2)5-4-12-6-7-17(21-3)16(18)10-12/h4-11H,1-3H3/b5-4+. The monoisotopic (exact) mass is 304 g/mol. The van der Waals surface area contributed by atoms with Crippen LogP contribution in [0.4, 0.5) is 0 Å². The van der Waals surface area contributed by atoms with Gasteiger partial charge in [-0.15, -0.1) is 0 Å². The van der Waals surface area contributed by atoms with Crippen molar-refractivity contribution in [3.05, 3.63) is 52.5 Å². The number of rotatable bonds is 5. The minimum Gasteiger partial charge on any atom is -0.497 e. The number of hydrogen-bond donors (Lipinski definition) is 0. The highest BCUT2D eigenvalue weighted by Gasteiger charge is 2.01. The SMILES string of the molecule is COc1cc(/C=C/c2ccc(OC)c(Cl)c2)cc(OC)c1. The van der Waals surface area contributed by atoms with Crippen LogP contribution in [0.25, 0.3) is 12.2 Å². The molecule has 2 aromatic carbocycles. The Bertz CT molecular complexity index is 628. The van der Waals surface area contributed by atoms with Gasteiger partial charge in [0.1, 0.15) is 17.2 Å². The Labute approximate surface area is 129 Å². The van der Waals surface area contributed by atoms with E-state index in [9.17, 15) is 0 Å². The van der Waals surface area contributed by atoms with Gasteiger partial charge in [-0.05, 0) is 35.4 Å². The Morgan fingerprint density at radius 3 is 1.90 bits per heavy atom. The van der Waals surface area contributed by atoms with Crippen molar-refractivity contribution in [1.82, 2.24) is 0 Å². The van der Waals surface area contributed by atoms with Crippen LogP contribution in [-0.2, 0) is 0 Å². The van der Waals surface area contributed by atoms with Crippen molar-refractivity contribution in [3.8, 4) is 17.2 Å². The van der Waals surface area contributed by atoms with Crippen LogP contribution in [0, 0.1) is 0 Å². The molecule has 0 saturated heterocycles. The molecule has 0 spiro atoms. The second-order valence-electron chi connectivity index (χ2n) is 4.37. The second kappa shape index (κ2) is 7.04. The molecule has 0 aliphatic carbocycles. The first-order valence-electron chi connectivity index (χ1n) is 6.41. The van der Waals surface area contributed by atoms with Gasteiger partial charge < -0.3 is 14.2 Å². The van der Waals surface area contributed by atoms with Crippen LogP contribution in [0.3, 0.4) is 0 Å². The van der Waals surface area contributed by atoms with Crippen LogP contribution in [0.1, 0.15) is 11.1 Å². The predicted octanol–water partition coefficient (Wildman–Crippen LogP) is 4.54. The summed E-state index contributed by atoms with van der Waals surface area (Å²) in [6.45, 7) is 0. The first kappa shape index (κ1) is 15.3. The molecule has 110 valence electrons. The van der Waals surface area contributed by atoms with Gasteiger partial charge >= 0.3 is 0 Å². The number of hydrogen-bond acceptors (Lipinski definition) is 3. The van der Waals surface area contributed by atoms with Crippen LogP contribution < -0.4 is 14.2 Å². The van der Waals surface area contributed by atoms with Crippen molar-refractivity contribution in [3.63, 3.8) is 0 Å². The Balaban J connectivity index is 2.26. The van der Waals surface area contributed by atoms with Gasteiger partial charge in [-0.3, -0.25) is 0 Å². The molecule has 0 aromatic heterocycles. The van der Waals surface area contributed by atoms with E-state index in [1.807, 2.05) is 48.6 Å². The molecule has 0 fully saturated rings. The van der Waals surface area contributed by atoms with E-state index < -0.39 is 0 Å². The zero-order chi connectivity index (χ0) is 15.2. The third-order valence-corrected chi connectivity index (χ3v) is 3.31. The van der Waals surface area contributed by atoms with Crippen LogP contribution in [0.5, 0.6) is 17.2 Å². The third-order valence-electron chi connectivity index (χ3n) is 3.02. The van der Waals surface area contributed by atoms with Crippen molar-refractivity contribution in [2.45, 2.75) is 0 Å². The molecule has 0 heterocycles. The predicted molar refractivity (Wildman–Crippen MR) is 86.5 cm³/mol. The van der Waals surface area contributed by atoms with E-state index in [0.29, 0.717) is 10.8 Å².